The Labute approximate surface area is 99.8 Å². The molecule has 0 bridgehead atoms. The molecule has 0 aliphatic heterocycles. The number of likely N-dealkylation sites (N-methyl/N-ethyl adjacent to an activating group) is 1. The van der Waals surface area contributed by atoms with Crippen molar-refractivity contribution in [2.24, 2.45) is 0 Å². The highest BCUT2D eigenvalue weighted by Crippen LogP contribution is 2.22. The van der Waals surface area contributed by atoms with Gasteiger partial charge in [0.25, 0.3) is 0 Å². The van der Waals surface area contributed by atoms with Crippen LogP contribution >= 0.6 is 11.6 Å². The van der Waals surface area contributed by atoms with Crippen molar-refractivity contribution < 1.29 is 9.50 Å². The first-order valence-electron chi connectivity index (χ1n) is 5.00. The van der Waals surface area contributed by atoms with Gasteiger partial charge in [0.05, 0.1) is 16.8 Å². The average Bonchev–Trinajstić information content (AvgIpc) is 2.18. The van der Waals surface area contributed by atoms with Crippen molar-refractivity contribution in [1.29, 1.82) is 0 Å². The quantitative estimate of drug-likeness (QED) is 0.832. The molecule has 2 N–H and O–H groups in total. The highest BCUT2D eigenvalue weighted by atomic mass is 35.5. The molecule has 1 atom stereocenters. The Morgan fingerprint density at radius 1 is 1.50 bits per heavy atom. The topological polar surface area (TPSA) is 35.5 Å². The first-order chi connectivity index (χ1) is 7.49. The van der Waals surface area contributed by atoms with Crippen LogP contribution in [0.25, 0.3) is 0 Å². The SMILES string of the molecule is CN(C)CC(O)CNc1cc(F)ccc1Cl. The number of halogens is 2. The molecule has 3 nitrogen and oxygen atoms in total. The predicted molar refractivity (Wildman–Crippen MR) is 64.5 cm³/mol. The van der Waals surface area contributed by atoms with Crippen LogP contribution < -0.4 is 5.32 Å². The summed E-state index contributed by atoms with van der Waals surface area (Å²) in [4.78, 5) is 1.87. The molecule has 0 aliphatic rings. The van der Waals surface area contributed by atoms with Crippen LogP contribution in [0, 0.1) is 5.82 Å². The van der Waals surface area contributed by atoms with Crippen molar-refractivity contribution in [3.63, 3.8) is 0 Å². The van der Waals surface area contributed by atoms with Gasteiger partial charge in [0.1, 0.15) is 5.82 Å². The normalized spacial score (nSPS) is 12.9. The molecule has 0 saturated carbocycles. The van der Waals surface area contributed by atoms with Crippen molar-refractivity contribution in [2.45, 2.75) is 6.10 Å². The van der Waals surface area contributed by atoms with Crippen molar-refractivity contribution in [2.75, 3.05) is 32.5 Å². The van der Waals surface area contributed by atoms with Gasteiger partial charge in [0.2, 0.25) is 0 Å². The maximum absolute atomic E-state index is 12.9. The Kier molecular flexibility index (Phi) is 4.99. The van der Waals surface area contributed by atoms with Gasteiger partial charge in [0, 0.05) is 13.1 Å². The molecule has 0 aromatic heterocycles. The van der Waals surface area contributed by atoms with E-state index < -0.39 is 6.10 Å². The number of nitrogens with zero attached hydrogens (tertiary/aromatic N) is 1. The fourth-order valence-corrected chi connectivity index (χ4v) is 1.53. The summed E-state index contributed by atoms with van der Waals surface area (Å²) in [5.74, 6) is -0.353. The molecule has 90 valence electrons. The molecule has 0 radical (unpaired) electrons. The highest BCUT2D eigenvalue weighted by molar-refractivity contribution is 6.33. The van der Waals surface area contributed by atoms with Crippen LogP contribution in [-0.4, -0.2) is 43.3 Å². The van der Waals surface area contributed by atoms with Gasteiger partial charge in [-0.3, -0.25) is 0 Å². The number of aliphatic hydroxyl groups excluding tert-OH is 1. The minimum Gasteiger partial charge on any atom is -0.390 e. The number of hydrogen-bond donors (Lipinski definition) is 2. The zero-order chi connectivity index (χ0) is 12.1. The number of hydrogen-bond acceptors (Lipinski definition) is 3. The Morgan fingerprint density at radius 3 is 2.81 bits per heavy atom. The first-order valence-corrected chi connectivity index (χ1v) is 5.38. The molecule has 1 aromatic rings. The number of nitrogens with one attached hydrogen (secondary N) is 1. The van der Waals surface area contributed by atoms with E-state index in [4.69, 9.17) is 11.6 Å². The molecule has 5 heteroatoms. The van der Waals surface area contributed by atoms with Gasteiger partial charge in [-0.1, -0.05) is 11.6 Å². The van der Waals surface area contributed by atoms with Crippen molar-refractivity contribution in [3.05, 3.63) is 29.0 Å². The lowest BCUT2D eigenvalue weighted by molar-refractivity contribution is 0.148. The molecular formula is C11H16ClFN2O. The van der Waals surface area contributed by atoms with Crippen LogP contribution in [-0.2, 0) is 0 Å². The van der Waals surface area contributed by atoms with Gasteiger partial charge >= 0.3 is 0 Å². The Hall–Kier alpha value is -0.840. The van der Waals surface area contributed by atoms with Gasteiger partial charge < -0.3 is 15.3 Å². The Balaban J connectivity index is 2.51. The molecule has 0 saturated heterocycles. The zero-order valence-corrected chi connectivity index (χ0v) is 10.1. The van der Waals surface area contributed by atoms with Crippen molar-refractivity contribution in [3.8, 4) is 0 Å². The number of rotatable bonds is 5. The molecule has 0 amide bonds. The molecule has 1 rings (SSSR count). The fourth-order valence-electron chi connectivity index (χ4n) is 1.35. The van der Waals surface area contributed by atoms with E-state index in [0.717, 1.165) is 0 Å². The standard InChI is InChI=1S/C11H16ClFN2O/c1-15(2)7-9(16)6-14-11-5-8(13)3-4-10(11)12/h3-5,9,14,16H,6-7H2,1-2H3. The lowest BCUT2D eigenvalue weighted by atomic mass is 10.3. The van der Waals surface area contributed by atoms with Crippen LogP contribution in [0.4, 0.5) is 10.1 Å². The van der Waals surface area contributed by atoms with E-state index in [2.05, 4.69) is 5.32 Å². The van der Waals surface area contributed by atoms with E-state index in [-0.39, 0.29) is 5.82 Å². The van der Waals surface area contributed by atoms with E-state index in [0.29, 0.717) is 23.8 Å². The summed E-state index contributed by atoms with van der Waals surface area (Å²) in [6.07, 6.45) is -0.519. The molecule has 0 heterocycles. The van der Waals surface area contributed by atoms with Gasteiger partial charge in [-0.2, -0.15) is 0 Å². The van der Waals surface area contributed by atoms with Crippen molar-refractivity contribution >= 4 is 17.3 Å². The largest absolute Gasteiger partial charge is 0.390 e. The molecule has 0 spiro atoms. The summed E-state index contributed by atoms with van der Waals surface area (Å²) in [5, 5.41) is 13.0. The number of aliphatic hydroxyl groups is 1. The second-order valence-electron chi connectivity index (χ2n) is 3.92. The maximum atomic E-state index is 12.9. The summed E-state index contributed by atoms with van der Waals surface area (Å²) >= 11 is 5.86. The third kappa shape index (κ3) is 4.35. The van der Waals surface area contributed by atoms with Crippen LogP contribution in [0.3, 0.4) is 0 Å². The lowest BCUT2D eigenvalue weighted by Gasteiger charge is -2.17. The third-order valence-corrected chi connectivity index (χ3v) is 2.36. The van der Waals surface area contributed by atoms with E-state index in [1.165, 1.54) is 18.2 Å². The fraction of sp³-hybridized carbons (Fsp3) is 0.455. The molecular weight excluding hydrogens is 231 g/mol. The summed E-state index contributed by atoms with van der Waals surface area (Å²) < 4.78 is 12.9. The highest BCUT2D eigenvalue weighted by Gasteiger charge is 2.07. The zero-order valence-electron chi connectivity index (χ0n) is 9.37. The second kappa shape index (κ2) is 6.03. The smallest absolute Gasteiger partial charge is 0.125 e. The van der Waals surface area contributed by atoms with Gasteiger partial charge in [-0.25, -0.2) is 4.39 Å². The van der Waals surface area contributed by atoms with E-state index in [9.17, 15) is 9.50 Å². The maximum Gasteiger partial charge on any atom is 0.125 e. The lowest BCUT2D eigenvalue weighted by Crippen LogP contribution is -2.31. The summed E-state index contributed by atoms with van der Waals surface area (Å²) in [6.45, 7) is 0.876. The molecule has 0 aliphatic carbocycles. The minimum atomic E-state index is -0.519. The molecule has 1 unspecified atom stereocenters. The summed E-state index contributed by atoms with van der Waals surface area (Å²) in [6, 6.07) is 4.09. The Morgan fingerprint density at radius 2 is 2.19 bits per heavy atom. The average molecular weight is 247 g/mol. The van der Waals surface area contributed by atoms with Crippen LogP contribution in [0.1, 0.15) is 0 Å². The van der Waals surface area contributed by atoms with Gasteiger partial charge in [-0.05, 0) is 32.3 Å². The van der Waals surface area contributed by atoms with Gasteiger partial charge in [0.15, 0.2) is 0 Å². The van der Waals surface area contributed by atoms with E-state index in [1.807, 2.05) is 19.0 Å². The third-order valence-electron chi connectivity index (χ3n) is 2.03. The predicted octanol–water partition coefficient (Wildman–Crippen LogP) is 1.81. The molecule has 1 aromatic carbocycles. The second-order valence-corrected chi connectivity index (χ2v) is 4.33. The van der Waals surface area contributed by atoms with E-state index in [1.54, 1.807) is 0 Å². The summed E-state index contributed by atoms with van der Waals surface area (Å²) in [5.41, 5.74) is 0.500. The van der Waals surface area contributed by atoms with Crippen molar-refractivity contribution in [1.82, 2.24) is 4.90 Å². The monoisotopic (exact) mass is 246 g/mol. The molecule has 16 heavy (non-hydrogen) atoms. The molecule has 0 fully saturated rings. The first kappa shape index (κ1) is 13.2. The van der Waals surface area contributed by atoms with Crippen LogP contribution in [0.5, 0.6) is 0 Å². The van der Waals surface area contributed by atoms with Gasteiger partial charge in [-0.15, -0.1) is 0 Å². The number of benzene rings is 1. The minimum absolute atomic E-state index is 0.335. The Bertz CT molecular complexity index is 347. The van der Waals surface area contributed by atoms with E-state index >= 15 is 0 Å². The van der Waals surface area contributed by atoms with Crippen LogP contribution in [0.15, 0.2) is 18.2 Å². The van der Waals surface area contributed by atoms with Crippen LogP contribution in [0.2, 0.25) is 5.02 Å². The summed E-state index contributed by atoms with van der Waals surface area (Å²) in [7, 11) is 3.75. The number of anilines is 1.